The van der Waals surface area contributed by atoms with Crippen LogP contribution in [0.1, 0.15) is 32.6 Å². The first-order valence-corrected chi connectivity index (χ1v) is 5.42. The fourth-order valence-electron chi connectivity index (χ4n) is 1.78. The van der Waals surface area contributed by atoms with E-state index in [2.05, 4.69) is 10.6 Å². The van der Waals surface area contributed by atoms with Crippen LogP contribution in [-0.2, 0) is 4.79 Å². The second-order valence-electron chi connectivity index (χ2n) is 3.81. The Morgan fingerprint density at radius 2 is 2.14 bits per heavy atom. The van der Waals surface area contributed by atoms with Crippen molar-refractivity contribution in [1.82, 2.24) is 10.6 Å². The Labute approximate surface area is 85.1 Å². The molecule has 0 radical (unpaired) electrons. The molecule has 0 unspecified atom stereocenters. The Kier molecular flexibility index (Phi) is 4.90. The first-order chi connectivity index (χ1) is 6.74. The predicted molar refractivity (Wildman–Crippen MR) is 54.9 cm³/mol. The fourth-order valence-corrected chi connectivity index (χ4v) is 1.78. The SMILES string of the molecule is CCNCC(=O)N[C@H]1CCCC[C@@H]1O. The quantitative estimate of drug-likeness (QED) is 0.599. The molecule has 1 aliphatic carbocycles. The highest BCUT2D eigenvalue weighted by atomic mass is 16.3. The molecule has 1 fully saturated rings. The van der Waals surface area contributed by atoms with Crippen molar-refractivity contribution in [2.45, 2.75) is 44.8 Å². The molecule has 0 aromatic rings. The minimum absolute atomic E-state index is 0.0159. The van der Waals surface area contributed by atoms with Crippen molar-refractivity contribution < 1.29 is 9.90 Å². The molecule has 14 heavy (non-hydrogen) atoms. The Bertz CT molecular complexity index is 185. The zero-order valence-corrected chi connectivity index (χ0v) is 8.75. The van der Waals surface area contributed by atoms with Crippen LogP contribution in [-0.4, -0.2) is 36.2 Å². The first kappa shape index (κ1) is 11.5. The van der Waals surface area contributed by atoms with E-state index in [0.717, 1.165) is 32.2 Å². The van der Waals surface area contributed by atoms with Gasteiger partial charge >= 0.3 is 0 Å². The minimum Gasteiger partial charge on any atom is -0.391 e. The molecule has 1 saturated carbocycles. The summed E-state index contributed by atoms with van der Waals surface area (Å²) < 4.78 is 0. The number of carbonyl (C=O) groups is 1. The molecule has 0 saturated heterocycles. The summed E-state index contributed by atoms with van der Waals surface area (Å²) in [6, 6.07) is -0.0325. The molecule has 0 aromatic carbocycles. The fraction of sp³-hybridized carbons (Fsp3) is 0.900. The maximum atomic E-state index is 11.3. The van der Waals surface area contributed by atoms with Gasteiger partial charge in [-0.15, -0.1) is 0 Å². The standard InChI is InChI=1S/C10H20N2O2/c1-2-11-7-10(14)12-8-5-3-4-6-9(8)13/h8-9,11,13H,2-7H2,1H3,(H,12,14)/t8-,9-/m0/s1. The van der Waals surface area contributed by atoms with Gasteiger partial charge in [0.25, 0.3) is 0 Å². The van der Waals surface area contributed by atoms with Crippen LogP contribution in [0.5, 0.6) is 0 Å². The summed E-state index contributed by atoms with van der Waals surface area (Å²) >= 11 is 0. The van der Waals surface area contributed by atoms with Gasteiger partial charge < -0.3 is 15.7 Å². The molecule has 0 heterocycles. The van der Waals surface area contributed by atoms with E-state index in [1.165, 1.54) is 0 Å². The Balaban J connectivity index is 2.23. The number of hydrogen-bond donors (Lipinski definition) is 3. The van der Waals surface area contributed by atoms with Crippen molar-refractivity contribution >= 4 is 5.91 Å². The Morgan fingerprint density at radius 1 is 1.43 bits per heavy atom. The molecule has 0 spiro atoms. The van der Waals surface area contributed by atoms with Crippen molar-refractivity contribution in [3.63, 3.8) is 0 Å². The van der Waals surface area contributed by atoms with Crippen molar-refractivity contribution in [1.29, 1.82) is 0 Å². The summed E-state index contributed by atoms with van der Waals surface area (Å²) in [5.41, 5.74) is 0. The monoisotopic (exact) mass is 200 g/mol. The van der Waals surface area contributed by atoms with E-state index in [4.69, 9.17) is 0 Å². The van der Waals surface area contributed by atoms with E-state index in [9.17, 15) is 9.90 Å². The number of amides is 1. The predicted octanol–water partition coefficient (Wildman–Crippen LogP) is 0.0156. The third-order valence-electron chi connectivity index (χ3n) is 2.61. The van der Waals surface area contributed by atoms with Gasteiger partial charge in [0.15, 0.2) is 0 Å². The van der Waals surface area contributed by atoms with E-state index in [1.807, 2.05) is 6.92 Å². The molecule has 0 aromatic heterocycles. The van der Waals surface area contributed by atoms with Crippen LogP contribution >= 0.6 is 0 Å². The highest BCUT2D eigenvalue weighted by molar-refractivity contribution is 5.78. The average molecular weight is 200 g/mol. The lowest BCUT2D eigenvalue weighted by molar-refractivity contribution is -0.122. The number of aliphatic hydroxyl groups is 1. The molecule has 3 N–H and O–H groups in total. The van der Waals surface area contributed by atoms with Crippen molar-refractivity contribution in [2.24, 2.45) is 0 Å². The largest absolute Gasteiger partial charge is 0.391 e. The van der Waals surface area contributed by atoms with Crippen LogP contribution in [0.2, 0.25) is 0 Å². The maximum Gasteiger partial charge on any atom is 0.234 e. The molecule has 4 heteroatoms. The number of rotatable bonds is 4. The third-order valence-corrected chi connectivity index (χ3v) is 2.61. The molecular weight excluding hydrogens is 180 g/mol. The summed E-state index contributed by atoms with van der Waals surface area (Å²) in [6.07, 6.45) is 3.53. The molecular formula is C10H20N2O2. The van der Waals surface area contributed by atoms with Gasteiger partial charge in [0.05, 0.1) is 18.7 Å². The Morgan fingerprint density at radius 3 is 2.79 bits per heavy atom. The lowest BCUT2D eigenvalue weighted by Crippen LogP contribution is -2.47. The lowest BCUT2D eigenvalue weighted by Gasteiger charge is -2.28. The van der Waals surface area contributed by atoms with Crippen LogP contribution in [0.15, 0.2) is 0 Å². The molecule has 2 atom stereocenters. The van der Waals surface area contributed by atoms with Gasteiger partial charge in [-0.25, -0.2) is 0 Å². The smallest absolute Gasteiger partial charge is 0.234 e. The lowest BCUT2D eigenvalue weighted by atomic mass is 9.92. The van der Waals surface area contributed by atoms with Crippen molar-refractivity contribution in [3.8, 4) is 0 Å². The molecule has 1 rings (SSSR count). The summed E-state index contributed by atoms with van der Waals surface area (Å²) in [6.45, 7) is 3.10. The van der Waals surface area contributed by atoms with E-state index in [1.54, 1.807) is 0 Å². The van der Waals surface area contributed by atoms with Crippen LogP contribution in [0.4, 0.5) is 0 Å². The molecule has 1 amide bonds. The highest BCUT2D eigenvalue weighted by Gasteiger charge is 2.23. The highest BCUT2D eigenvalue weighted by Crippen LogP contribution is 2.17. The van der Waals surface area contributed by atoms with Crippen molar-refractivity contribution in [2.75, 3.05) is 13.1 Å². The van der Waals surface area contributed by atoms with Gasteiger partial charge in [0, 0.05) is 0 Å². The summed E-state index contributed by atoms with van der Waals surface area (Å²) in [5.74, 6) is -0.0159. The van der Waals surface area contributed by atoms with Gasteiger partial charge in [0.2, 0.25) is 5.91 Å². The second kappa shape index (κ2) is 5.98. The molecule has 0 aliphatic heterocycles. The van der Waals surface area contributed by atoms with E-state index >= 15 is 0 Å². The molecule has 4 nitrogen and oxygen atoms in total. The van der Waals surface area contributed by atoms with Gasteiger partial charge in [-0.05, 0) is 19.4 Å². The summed E-state index contributed by atoms with van der Waals surface area (Å²) in [7, 11) is 0. The van der Waals surface area contributed by atoms with E-state index in [-0.39, 0.29) is 18.1 Å². The van der Waals surface area contributed by atoms with Crippen LogP contribution in [0, 0.1) is 0 Å². The van der Waals surface area contributed by atoms with Crippen molar-refractivity contribution in [3.05, 3.63) is 0 Å². The molecule has 1 aliphatic rings. The van der Waals surface area contributed by atoms with Crippen LogP contribution in [0.3, 0.4) is 0 Å². The summed E-state index contributed by atoms with van der Waals surface area (Å²) in [4.78, 5) is 11.3. The number of aliphatic hydroxyl groups excluding tert-OH is 1. The Hall–Kier alpha value is -0.610. The first-order valence-electron chi connectivity index (χ1n) is 5.42. The van der Waals surface area contributed by atoms with Gasteiger partial charge in [-0.2, -0.15) is 0 Å². The van der Waals surface area contributed by atoms with Gasteiger partial charge in [-0.3, -0.25) is 4.79 Å². The second-order valence-corrected chi connectivity index (χ2v) is 3.81. The van der Waals surface area contributed by atoms with Crippen LogP contribution < -0.4 is 10.6 Å². The topological polar surface area (TPSA) is 61.4 Å². The average Bonchev–Trinajstić information content (AvgIpc) is 2.18. The number of nitrogens with one attached hydrogen (secondary N) is 2. The third kappa shape index (κ3) is 3.64. The molecule has 0 bridgehead atoms. The summed E-state index contributed by atoms with van der Waals surface area (Å²) in [5, 5.41) is 15.4. The van der Waals surface area contributed by atoms with E-state index in [0.29, 0.717) is 6.54 Å². The van der Waals surface area contributed by atoms with Crippen LogP contribution in [0.25, 0.3) is 0 Å². The number of likely N-dealkylation sites (N-methyl/N-ethyl adjacent to an activating group) is 1. The maximum absolute atomic E-state index is 11.3. The van der Waals surface area contributed by atoms with Gasteiger partial charge in [-0.1, -0.05) is 19.8 Å². The zero-order chi connectivity index (χ0) is 10.4. The minimum atomic E-state index is -0.352. The number of hydrogen-bond acceptors (Lipinski definition) is 3. The zero-order valence-electron chi connectivity index (χ0n) is 8.75. The number of carbonyl (C=O) groups excluding carboxylic acids is 1. The normalized spacial score (nSPS) is 27.3. The van der Waals surface area contributed by atoms with Gasteiger partial charge in [0.1, 0.15) is 0 Å². The molecule has 82 valence electrons. The van der Waals surface area contributed by atoms with E-state index < -0.39 is 0 Å².